The van der Waals surface area contributed by atoms with Crippen LogP contribution in [0.1, 0.15) is 44.2 Å². The maximum absolute atomic E-state index is 12.0. The molecule has 0 spiro atoms. The van der Waals surface area contributed by atoms with E-state index in [1.807, 2.05) is 32.0 Å². The molecule has 1 aromatic carbocycles. The van der Waals surface area contributed by atoms with Crippen molar-refractivity contribution in [2.75, 3.05) is 5.75 Å². The molecule has 1 rings (SSSR count). The van der Waals surface area contributed by atoms with Gasteiger partial charge in [-0.1, -0.05) is 32.9 Å². The third-order valence-electron chi connectivity index (χ3n) is 2.69. The molecule has 0 saturated carbocycles. The topological polar surface area (TPSA) is 34.1 Å². The molecule has 1 aromatic rings. The number of rotatable bonds is 4. The minimum absolute atomic E-state index is 0.232. The summed E-state index contributed by atoms with van der Waals surface area (Å²) < 4.78 is 24.1. The second kappa shape index (κ2) is 5.00. The largest absolute Gasteiger partial charge is 0.224 e. The van der Waals surface area contributed by atoms with Crippen LogP contribution < -0.4 is 0 Å². The van der Waals surface area contributed by atoms with E-state index in [0.29, 0.717) is 17.2 Å². The van der Waals surface area contributed by atoms with Crippen molar-refractivity contribution < 1.29 is 8.42 Å². The summed E-state index contributed by atoms with van der Waals surface area (Å²) in [6, 6.07) is 5.73. The third kappa shape index (κ3) is 2.85. The van der Waals surface area contributed by atoms with Gasteiger partial charge in [0.25, 0.3) is 0 Å². The third-order valence-corrected chi connectivity index (χ3v) is 4.74. The molecule has 0 fully saturated rings. The molecule has 0 bridgehead atoms. The Labute approximate surface area is 98.6 Å². The van der Waals surface area contributed by atoms with Crippen LogP contribution in [0.2, 0.25) is 0 Å². The SMILES string of the molecule is CCCS(=O)(=O)c1cc(C(C)C)ccc1C. The van der Waals surface area contributed by atoms with Gasteiger partial charge in [0.05, 0.1) is 10.6 Å². The van der Waals surface area contributed by atoms with Crippen molar-refractivity contribution in [3.05, 3.63) is 29.3 Å². The smallest absolute Gasteiger partial charge is 0.178 e. The zero-order valence-corrected chi connectivity index (χ0v) is 11.3. The van der Waals surface area contributed by atoms with Crippen molar-refractivity contribution in [2.45, 2.75) is 44.9 Å². The van der Waals surface area contributed by atoms with E-state index in [2.05, 4.69) is 13.8 Å². The molecule has 0 N–H and O–H groups in total. The molecule has 2 nitrogen and oxygen atoms in total. The van der Waals surface area contributed by atoms with Crippen molar-refractivity contribution in [1.29, 1.82) is 0 Å². The Balaban J connectivity index is 3.27. The van der Waals surface area contributed by atoms with Gasteiger partial charge < -0.3 is 0 Å². The lowest BCUT2D eigenvalue weighted by molar-refractivity contribution is 0.594. The molecular formula is C13H20O2S. The Morgan fingerprint density at radius 3 is 2.38 bits per heavy atom. The van der Waals surface area contributed by atoms with Gasteiger partial charge in [-0.3, -0.25) is 0 Å². The van der Waals surface area contributed by atoms with Crippen molar-refractivity contribution in [2.24, 2.45) is 0 Å². The van der Waals surface area contributed by atoms with E-state index < -0.39 is 9.84 Å². The normalized spacial score (nSPS) is 12.1. The Bertz CT molecular complexity index is 459. The van der Waals surface area contributed by atoms with Gasteiger partial charge >= 0.3 is 0 Å². The highest BCUT2D eigenvalue weighted by Gasteiger charge is 2.16. The number of benzene rings is 1. The quantitative estimate of drug-likeness (QED) is 0.809. The van der Waals surface area contributed by atoms with Crippen LogP contribution in [0.3, 0.4) is 0 Å². The Hall–Kier alpha value is -0.830. The number of aryl methyl sites for hydroxylation is 1. The van der Waals surface area contributed by atoms with Gasteiger partial charge in [0.2, 0.25) is 0 Å². The van der Waals surface area contributed by atoms with Crippen molar-refractivity contribution in [1.82, 2.24) is 0 Å². The van der Waals surface area contributed by atoms with Gasteiger partial charge in [-0.2, -0.15) is 0 Å². The highest BCUT2D eigenvalue weighted by atomic mass is 32.2. The van der Waals surface area contributed by atoms with Gasteiger partial charge in [-0.15, -0.1) is 0 Å². The van der Waals surface area contributed by atoms with Gasteiger partial charge in [0, 0.05) is 0 Å². The average molecular weight is 240 g/mol. The Morgan fingerprint density at radius 2 is 1.88 bits per heavy atom. The number of sulfone groups is 1. The van der Waals surface area contributed by atoms with E-state index in [4.69, 9.17) is 0 Å². The van der Waals surface area contributed by atoms with Gasteiger partial charge in [0.15, 0.2) is 9.84 Å². The maximum atomic E-state index is 12.0. The van der Waals surface area contributed by atoms with Crippen LogP contribution in [0.5, 0.6) is 0 Å². The molecule has 0 unspecified atom stereocenters. The first-order valence-corrected chi connectivity index (χ1v) is 7.37. The van der Waals surface area contributed by atoms with Crippen LogP contribution in [-0.4, -0.2) is 14.2 Å². The minimum atomic E-state index is -3.10. The minimum Gasteiger partial charge on any atom is -0.224 e. The summed E-state index contributed by atoms with van der Waals surface area (Å²) in [6.07, 6.45) is 0.660. The molecule has 0 atom stereocenters. The molecule has 0 radical (unpaired) electrons. The molecule has 3 heteroatoms. The fourth-order valence-electron chi connectivity index (χ4n) is 1.69. The Morgan fingerprint density at radius 1 is 1.25 bits per heavy atom. The summed E-state index contributed by atoms with van der Waals surface area (Å²) in [4.78, 5) is 0.501. The van der Waals surface area contributed by atoms with Gasteiger partial charge in [-0.25, -0.2) is 8.42 Å². The molecule has 0 aliphatic heterocycles. The zero-order valence-electron chi connectivity index (χ0n) is 10.4. The molecule has 0 aliphatic rings. The van der Waals surface area contributed by atoms with Crippen LogP contribution in [0.4, 0.5) is 0 Å². The molecule has 0 heterocycles. The first kappa shape index (κ1) is 13.2. The van der Waals surface area contributed by atoms with E-state index in [9.17, 15) is 8.42 Å². The second-order valence-corrected chi connectivity index (χ2v) is 6.58. The predicted molar refractivity (Wildman–Crippen MR) is 67.6 cm³/mol. The molecular weight excluding hydrogens is 220 g/mol. The monoisotopic (exact) mass is 240 g/mol. The zero-order chi connectivity index (χ0) is 12.3. The molecule has 16 heavy (non-hydrogen) atoms. The lowest BCUT2D eigenvalue weighted by Gasteiger charge is -2.11. The number of hydrogen-bond donors (Lipinski definition) is 0. The van der Waals surface area contributed by atoms with E-state index >= 15 is 0 Å². The van der Waals surface area contributed by atoms with Crippen molar-refractivity contribution in [3.63, 3.8) is 0 Å². The molecule has 0 saturated heterocycles. The molecule has 0 aromatic heterocycles. The highest BCUT2D eigenvalue weighted by Crippen LogP contribution is 2.23. The second-order valence-electron chi connectivity index (χ2n) is 4.50. The van der Waals surface area contributed by atoms with Crippen LogP contribution in [0.15, 0.2) is 23.1 Å². The molecule has 0 amide bonds. The van der Waals surface area contributed by atoms with Crippen LogP contribution in [-0.2, 0) is 9.84 Å². The predicted octanol–water partition coefficient (Wildman–Crippen LogP) is 3.30. The fraction of sp³-hybridized carbons (Fsp3) is 0.538. The van der Waals surface area contributed by atoms with E-state index in [1.165, 1.54) is 0 Å². The van der Waals surface area contributed by atoms with Crippen LogP contribution in [0, 0.1) is 6.92 Å². The highest BCUT2D eigenvalue weighted by molar-refractivity contribution is 7.91. The molecule has 90 valence electrons. The summed E-state index contributed by atoms with van der Waals surface area (Å²) in [7, 11) is -3.10. The van der Waals surface area contributed by atoms with Crippen molar-refractivity contribution in [3.8, 4) is 0 Å². The first-order chi connectivity index (χ1) is 7.38. The van der Waals surface area contributed by atoms with E-state index in [0.717, 1.165) is 11.1 Å². The summed E-state index contributed by atoms with van der Waals surface area (Å²) >= 11 is 0. The summed E-state index contributed by atoms with van der Waals surface area (Å²) in [5.74, 6) is 0.589. The van der Waals surface area contributed by atoms with Crippen LogP contribution >= 0.6 is 0 Å². The summed E-state index contributed by atoms with van der Waals surface area (Å²) in [6.45, 7) is 7.88. The number of hydrogen-bond acceptors (Lipinski definition) is 2. The standard InChI is InChI=1S/C13H20O2S/c1-5-8-16(14,15)13-9-12(10(2)3)7-6-11(13)4/h6-7,9-10H,5,8H2,1-4H3. The van der Waals surface area contributed by atoms with E-state index in [-0.39, 0.29) is 5.75 Å². The van der Waals surface area contributed by atoms with Crippen LogP contribution in [0.25, 0.3) is 0 Å². The lowest BCUT2D eigenvalue weighted by atomic mass is 10.0. The maximum Gasteiger partial charge on any atom is 0.178 e. The lowest BCUT2D eigenvalue weighted by Crippen LogP contribution is -2.08. The summed E-state index contributed by atoms with van der Waals surface area (Å²) in [5.41, 5.74) is 1.93. The Kier molecular flexibility index (Phi) is 4.14. The molecule has 0 aliphatic carbocycles. The van der Waals surface area contributed by atoms with Crippen molar-refractivity contribution >= 4 is 9.84 Å². The van der Waals surface area contributed by atoms with Gasteiger partial charge in [0.1, 0.15) is 0 Å². The first-order valence-electron chi connectivity index (χ1n) is 5.71. The van der Waals surface area contributed by atoms with Gasteiger partial charge in [-0.05, 0) is 36.5 Å². The fourth-order valence-corrected chi connectivity index (χ4v) is 3.32. The summed E-state index contributed by atoms with van der Waals surface area (Å²) in [5, 5.41) is 0. The van der Waals surface area contributed by atoms with E-state index in [1.54, 1.807) is 0 Å². The average Bonchev–Trinajstić information content (AvgIpc) is 2.17.